The Bertz CT molecular complexity index is 1170. The SMILES string of the molecule is O=c1[nH]c(-c2ccco2)nc2c1CN(Cc1cnc3ccccc3n1)CC2. The summed E-state index contributed by atoms with van der Waals surface area (Å²) in [5.74, 6) is 1.06. The topological polar surface area (TPSA) is 87.9 Å². The molecule has 0 atom stereocenters. The molecule has 134 valence electrons. The van der Waals surface area contributed by atoms with Crippen LogP contribution in [0.5, 0.6) is 0 Å². The van der Waals surface area contributed by atoms with E-state index in [1.165, 1.54) is 0 Å². The monoisotopic (exact) mass is 359 g/mol. The van der Waals surface area contributed by atoms with Crippen molar-refractivity contribution in [3.8, 4) is 11.6 Å². The molecule has 1 N–H and O–H groups in total. The van der Waals surface area contributed by atoms with Crippen molar-refractivity contribution in [2.75, 3.05) is 6.54 Å². The molecule has 1 aromatic carbocycles. The molecule has 0 aliphatic carbocycles. The highest BCUT2D eigenvalue weighted by molar-refractivity contribution is 5.73. The molecular weight excluding hydrogens is 342 g/mol. The maximum absolute atomic E-state index is 12.6. The van der Waals surface area contributed by atoms with Crippen LogP contribution in [-0.2, 0) is 19.5 Å². The zero-order chi connectivity index (χ0) is 18.2. The number of rotatable bonds is 3. The minimum Gasteiger partial charge on any atom is -0.461 e. The highest BCUT2D eigenvalue weighted by atomic mass is 16.3. The first-order valence-electron chi connectivity index (χ1n) is 8.85. The van der Waals surface area contributed by atoms with Gasteiger partial charge in [-0.05, 0) is 24.3 Å². The number of aromatic amines is 1. The highest BCUT2D eigenvalue weighted by Gasteiger charge is 2.22. The summed E-state index contributed by atoms with van der Waals surface area (Å²) in [6.07, 6.45) is 4.09. The Morgan fingerprint density at radius 2 is 2.00 bits per heavy atom. The molecule has 0 fully saturated rings. The Labute approximate surface area is 154 Å². The standard InChI is InChI=1S/C20H17N5O2/c26-20-14-12-25(11-13-10-21-16-4-1-2-5-17(16)22-13)8-7-15(14)23-19(24-20)18-6-3-9-27-18/h1-6,9-10H,7-8,11-12H2,(H,23,24,26). The maximum Gasteiger partial charge on any atom is 0.256 e. The highest BCUT2D eigenvalue weighted by Crippen LogP contribution is 2.20. The van der Waals surface area contributed by atoms with Crippen LogP contribution in [0.3, 0.4) is 0 Å². The van der Waals surface area contributed by atoms with Crippen LogP contribution >= 0.6 is 0 Å². The Balaban J connectivity index is 1.39. The molecule has 0 radical (unpaired) electrons. The van der Waals surface area contributed by atoms with E-state index in [0.717, 1.165) is 29.0 Å². The van der Waals surface area contributed by atoms with E-state index < -0.39 is 0 Å². The smallest absolute Gasteiger partial charge is 0.256 e. The van der Waals surface area contributed by atoms with Gasteiger partial charge >= 0.3 is 0 Å². The van der Waals surface area contributed by atoms with Gasteiger partial charge in [0.05, 0.1) is 40.4 Å². The second kappa shape index (κ2) is 6.44. The lowest BCUT2D eigenvalue weighted by molar-refractivity contribution is 0.239. The lowest BCUT2D eigenvalue weighted by Crippen LogP contribution is -2.35. The van der Waals surface area contributed by atoms with E-state index in [2.05, 4.69) is 24.8 Å². The van der Waals surface area contributed by atoms with Crippen LogP contribution < -0.4 is 5.56 Å². The summed E-state index contributed by atoms with van der Waals surface area (Å²) in [7, 11) is 0. The van der Waals surface area contributed by atoms with Crippen LogP contribution in [0.1, 0.15) is 17.0 Å². The van der Waals surface area contributed by atoms with Gasteiger partial charge in [-0.1, -0.05) is 12.1 Å². The van der Waals surface area contributed by atoms with Gasteiger partial charge in [0.2, 0.25) is 0 Å². The number of furan rings is 1. The first kappa shape index (κ1) is 15.9. The van der Waals surface area contributed by atoms with Crippen molar-refractivity contribution in [2.24, 2.45) is 0 Å². The number of nitrogens with one attached hydrogen (secondary N) is 1. The van der Waals surface area contributed by atoms with Crippen molar-refractivity contribution >= 4 is 11.0 Å². The lowest BCUT2D eigenvalue weighted by Gasteiger charge is -2.27. The van der Waals surface area contributed by atoms with Gasteiger partial charge < -0.3 is 9.40 Å². The second-order valence-electron chi connectivity index (χ2n) is 6.63. The van der Waals surface area contributed by atoms with Crippen LogP contribution in [0.15, 0.2) is 58.1 Å². The molecule has 4 heterocycles. The summed E-state index contributed by atoms with van der Waals surface area (Å²) in [6, 6.07) is 11.4. The van der Waals surface area contributed by atoms with Crippen molar-refractivity contribution in [1.29, 1.82) is 0 Å². The van der Waals surface area contributed by atoms with Gasteiger partial charge in [-0.3, -0.25) is 14.7 Å². The molecule has 0 spiro atoms. The Kier molecular flexibility index (Phi) is 3.79. The average molecular weight is 359 g/mol. The van der Waals surface area contributed by atoms with Gasteiger partial charge in [0.25, 0.3) is 5.56 Å². The molecule has 4 aromatic rings. The van der Waals surface area contributed by atoms with Crippen LogP contribution in [0.25, 0.3) is 22.6 Å². The van der Waals surface area contributed by atoms with E-state index in [1.54, 1.807) is 24.6 Å². The number of nitrogens with zero attached hydrogens (tertiary/aromatic N) is 4. The molecule has 0 bridgehead atoms. The molecular formula is C20H17N5O2. The van der Waals surface area contributed by atoms with Crippen LogP contribution in [0.2, 0.25) is 0 Å². The summed E-state index contributed by atoms with van der Waals surface area (Å²) in [6.45, 7) is 2.01. The minimum atomic E-state index is -0.110. The summed E-state index contributed by atoms with van der Waals surface area (Å²) >= 11 is 0. The number of H-pyrrole nitrogens is 1. The fourth-order valence-electron chi connectivity index (χ4n) is 3.45. The fourth-order valence-corrected chi connectivity index (χ4v) is 3.45. The van der Waals surface area contributed by atoms with Crippen molar-refractivity contribution in [2.45, 2.75) is 19.5 Å². The van der Waals surface area contributed by atoms with Crippen molar-refractivity contribution in [3.05, 3.63) is 76.2 Å². The molecule has 0 unspecified atom stereocenters. The predicted molar refractivity (Wildman–Crippen MR) is 99.9 cm³/mol. The maximum atomic E-state index is 12.6. The lowest BCUT2D eigenvalue weighted by atomic mass is 10.1. The number of hydrogen-bond donors (Lipinski definition) is 1. The van der Waals surface area contributed by atoms with Gasteiger partial charge in [0.1, 0.15) is 0 Å². The molecule has 3 aromatic heterocycles. The quantitative estimate of drug-likeness (QED) is 0.605. The van der Waals surface area contributed by atoms with E-state index in [1.807, 2.05) is 24.3 Å². The van der Waals surface area contributed by atoms with Gasteiger partial charge in [-0.25, -0.2) is 9.97 Å². The molecule has 5 rings (SSSR count). The summed E-state index contributed by atoms with van der Waals surface area (Å²) < 4.78 is 5.34. The Morgan fingerprint density at radius 3 is 2.85 bits per heavy atom. The summed E-state index contributed by atoms with van der Waals surface area (Å²) in [4.78, 5) is 31.3. The second-order valence-corrected chi connectivity index (χ2v) is 6.63. The Hall–Kier alpha value is -3.32. The molecule has 0 saturated heterocycles. The molecule has 1 aliphatic rings. The number of benzene rings is 1. The Morgan fingerprint density at radius 1 is 1.11 bits per heavy atom. The number of hydrogen-bond acceptors (Lipinski definition) is 6. The van der Waals surface area contributed by atoms with Gasteiger partial charge in [-0.15, -0.1) is 0 Å². The number of fused-ring (bicyclic) bond motifs is 2. The van der Waals surface area contributed by atoms with E-state index in [0.29, 0.717) is 36.7 Å². The molecule has 0 saturated carbocycles. The third-order valence-electron chi connectivity index (χ3n) is 4.79. The molecule has 1 aliphatic heterocycles. The largest absolute Gasteiger partial charge is 0.461 e. The van der Waals surface area contributed by atoms with Crippen molar-refractivity contribution in [3.63, 3.8) is 0 Å². The molecule has 7 heteroatoms. The van der Waals surface area contributed by atoms with Gasteiger partial charge in [0, 0.05) is 26.1 Å². The van der Waals surface area contributed by atoms with Crippen LogP contribution in [0, 0.1) is 0 Å². The third-order valence-corrected chi connectivity index (χ3v) is 4.79. The molecule has 27 heavy (non-hydrogen) atoms. The van der Waals surface area contributed by atoms with Crippen LogP contribution in [0.4, 0.5) is 0 Å². The zero-order valence-electron chi connectivity index (χ0n) is 14.6. The minimum absolute atomic E-state index is 0.110. The predicted octanol–water partition coefficient (Wildman–Crippen LogP) is 2.53. The average Bonchev–Trinajstić information content (AvgIpc) is 3.23. The molecule has 0 amide bonds. The molecule has 7 nitrogen and oxygen atoms in total. The van der Waals surface area contributed by atoms with Crippen molar-refractivity contribution < 1.29 is 4.42 Å². The van der Waals surface area contributed by atoms with E-state index in [4.69, 9.17) is 4.42 Å². The van der Waals surface area contributed by atoms with E-state index in [-0.39, 0.29) is 5.56 Å². The summed E-state index contributed by atoms with van der Waals surface area (Å²) in [5.41, 5.74) is 4.11. The van der Waals surface area contributed by atoms with Crippen molar-refractivity contribution in [1.82, 2.24) is 24.8 Å². The normalized spacial score (nSPS) is 14.4. The number of para-hydroxylation sites is 2. The first-order valence-corrected chi connectivity index (χ1v) is 8.85. The first-order chi connectivity index (χ1) is 13.3. The van der Waals surface area contributed by atoms with E-state index in [9.17, 15) is 4.79 Å². The number of aromatic nitrogens is 4. The van der Waals surface area contributed by atoms with Gasteiger partial charge in [0.15, 0.2) is 11.6 Å². The fraction of sp³-hybridized carbons (Fsp3) is 0.200. The van der Waals surface area contributed by atoms with Gasteiger partial charge in [-0.2, -0.15) is 0 Å². The van der Waals surface area contributed by atoms with Crippen LogP contribution in [-0.4, -0.2) is 31.4 Å². The third kappa shape index (κ3) is 3.02. The zero-order valence-corrected chi connectivity index (χ0v) is 14.6. The van der Waals surface area contributed by atoms with E-state index >= 15 is 0 Å². The summed E-state index contributed by atoms with van der Waals surface area (Å²) in [5, 5.41) is 0.